The summed E-state index contributed by atoms with van der Waals surface area (Å²) in [6.45, 7) is 6.98. The molecular formula is C15H18F3N2+. The van der Waals surface area contributed by atoms with E-state index < -0.39 is 11.7 Å². The molecule has 0 spiro atoms. The standard InChI is InChI=1S/C15H18F3N2/c1-4-19-5-6-20(12(19)3)10-13-7-11(2)8-14(9-13)15(16,17)18/h5-9H,4,10H2,1-3H3/q+1. The Morgan fingerprint density at radius 2 is 1.85 bits per heavy atom. The fourth-order valence-corrected chi connectivity index (χ4v) is 2.36. The lowest BCUT2D eigenvalue weighted by molar-refractivity contribution is -0.694. The summed E-state index contributed by atoms with van der Waals surface area (Å²) in [5.41, 5.74) is 0.711. The van der Waals surface area contributed by atoms with Gasteiger partial charge in [-0.05, 0) is 31.5 Å². The number of imidazole rings is 1. The Balaban J connectivity index is 2.34. The fourth-order valence-electron chi connectivity index (χ4n) is 2.36. The summed E-state index contributed by atoms with van der Waals surface area (Å²) >= 11 is 0. The van der Waals surface area contributed by atoms with Gasteiger partial charge in [-0.2, -0.15) is 13.2 Å². The molecule has 0 amide bonds. The smallest absolute Gasteiger partial charge is 0.235 e. The minimum atomic E-state index is -4.30. The van der Waals surface area contributed by atoms with Crippen LogP contribution in [0, 0.1) is 13.8 Å². The normalized spacial score (nSPS) is 11.9. The van der Waals surface area contributed by atoms with Crippen LogP contribution < -0.4 is 4.57 Å². The summed E-state index contributed by atoms with van der Waals surface area (Å²) in [7, 11) is 0. The summed E-state index contributed by atoms with van der Waals surface area (Å²) in [6.07, 6.45) is -0.458. The van der Waals surface area contributed by atoms with Crippen molar-refractivity contribution in [3.63, 3.8) is 0 Å². The van der Waals surface area contributed by atoms with E-state index >= 15 is 0 Å². The van der Waals surface area contributed by atoms with Crippen molar-refractivity contribution in [2.24, 2.45) is 0 Å². The molecule has 2 nitrogen and oxygen atoms in total. The van der Waals surface area contributed by atoms with Crippen LogP contribution in [0.4, 0.5) is 13.2 Å². The highest BCUT2D eigenvalue weighted by atomic mass is 19.4. The van der Waals surface area contributed by atoms with Gasteiger partial charge in [-0.15, -0.1) is 0 Å². The summed E-state index contributed by atoms with van der Waals surface area (Å²) in [4.78, 5) is 0. The quantitative estimate of drug-likeness (QED) is 0.763. The zero-order valence-corrected chi connectivity index (χ0v) is 11.8. The number of aryl methyl sites for hydroxylation is 2. The molecule has 0 fully saturated rings. The van der Waals surface area contributed by atoms with Crippen LogP contribution in [0.2, 0.25) is 0 Å². The first kappa shape index (κ1) is 14.6. The molecule has 0 atom stereocenters. The molecule has 0 radical (unpaired) electrons. The molecule has 0 bridgehead atoms. The Morgan fingerprint density at radius 1 is 1.15 bits per heavy atom. The van der Waals surface area contributed by atoms with E-state index in [0.29, 0.717) is 17.7 Å². The third kappa shape index (κ3) is 3.03. The van der Waals surface area contributed by atoms with Crippen molar-refractivity contribution in [3.05, 3.63) is 53.1 Å². The second kappa shape index (κ2) is 5.31. The molecular weight excluding hydrogens is 265 g/mol. The molecule has 20 heavy (non-hydrogen) atoms. The second-order valence-electron chi connectivity index (χ2n) is 4.96. The first-order chi connectivity index (χ1) is 9.31. The summed E-state index contributed by atoms with van der Waals surface area (Å²) in [6, 6.07) is 4.20. The van der Waals surface area contributed by atoms with Gasteiger partial charge in [-0.3, -0.25) is 0 Å². The van der Waals surface area contributed by atoms with Gasteiger partial charge in [-0.1, -0.05) is 11.6 Å². The fraction of sp³-hybridized carbons (Fsp3) is 0.400. The summed E-state index contributed by atoms with van der Waals surface area (Å²) < 4.78 is 42.5. The van der Waals surface area contributed by atoms with Gasteiger partial charge in [0.1, 0.15) is 18.9 Å². The molecule has 2 rings (SSSR count). The lowest BCUT2D eigenvalue weighted by Crippen LogP contribution is -2.36. The van der Waals surface area contributed by atoms with Crippen LogP contribution >= 0.6 is 0 Å². The molecule has 2 aromatic rings. The van der Waals surface area contributed by atoms with Gasteiger partial charge in [0.15, 0.2) is 0 Å². The van der Waals surface area contributed by atoms with E-state index in [9.17, 15) is 13.2 Å². The minimum absolute atomic E-state index is 0.448. The van der Waals surface area contributed by atoms with Crippen LogP contribution in [0.15, 0.2) is 30.6 Å². The maximum absolute atomic E-state index is 12.8. The molecule has 5 heteroatoms. The van der Waals surface area contributed by atoms with Crippen LogP contribution in [0.5, 0.6) is 0 Å². The van der Waals surface area contributed by atoms with Gasteiger partial charge in [0.25, 0.3) is 5.82 Å². The largest absolute Gasteiger partial charge is 0.416 e. The Hall–Kier alpha value is -1.78. The third-order valence-corrected chi connectivity index (χ3v) is 3.42. The first-order valence-corrected chi connectivity index (χ1v) is 6.54. The molecule has 0 aliphatic rings. The number of hydrogen-bond acceptors (Lipinski definition) is 0. The maximum Gasteiger partial charge on any atom is 0.416 e. The van der Waals surface area contributed by atoms with Crippen molar-refractivity contribution in [2.75, 3.05) is 0 Å². The Bertz CT molecular complexity index is 612. The first-order valence-electron chi connectivity index (χ1n) is 6.54. The van der Waals surface area contributed by atoms with E-state index in [-0.39, 0.29) is 0 Å². The van der Waals surface area contributed by atoms with Crippen LogP contribution in [-0.2, 0) is 19.3 Å². The molecule has 0 N–H and O–H groups in total. The van der Waals surface area contributed by atoms with Gasteiger partial charge in [-0.25, -0.2) is 9.13 Å². The van der Waals surface area contributed by atoms with E-state index in [1.807, 2.05) is 30.8 Å². The third-order valence-electron chi connectivity index (χ3n) is 3.42. The van der Waals surface area contributed by atoms with E-state index in [0.717, 1.165) is 12.4 Å². The minimum Gasteiger partial charge on any atom is -0.235 e. The van der Waals surface area contributed by atoms with E-state index in [1.165, 1.54) is 12.1 Å². The number of rotatable bonds is 3. The van der Waals surface area contributed by atoms with Gasteiger partial charge >= 0.3 is 6.18 Å². The topological polar surface area (TPSA) is 8.81 Å². The van der Waals surface area contributed by atoms with Gasteiger partial charge in [0.05, 0.1) is 12.1 Å². The molecule has 0 unspecified atom stereocenters. The van der Waals surface area contributed by atoms with Crippen molar-refractivity contribution >= 4 is 0 Å². The van der Waals surface area contributed by atoms with E-state index in [2.05, 4.69) is 4.57 Å². The summed E-state index contributed by atoms with van der Waals surface area (Å²) in [5.74, 6) is 1.03. The van der Waals surface area contributed by atoms with Crippen LogP contribution in [0.25, 0.3) is 0 Å². The van der Waals surface area contributed by atoms with Crippen molar-refractivity contribution in [3.8, 4) is 0 Å². The monoisotopic (exact) mass is 283 g/mol. The van der Waals surface area contributed by atoms with Crippen molar-refractivity contribution in [1.29, 1.82) is 0 Å². The van der Waals surface area contributed by atoms with E-state index in [1.54, 1.807) is 13.0 Å². The van der Waals surface area contributed by atoms with Crippen molar-refractivity contribution < 1.29 is 17.7 Å². The molecule has 0 aliphatic heterocycles. The molecule has 0 saturated carbocycles. The van der Waals surface area contributed by atoms with Gasteiger partial charge in [0.2, 0.25) is 0 Å². The van der Waals surface area contributed by atoms with Crippen molar-refractivity contribution in [1.82, 2.24) is 4.57 Å². The Labute approximate surface area is 116 Å². The molecule has 0 aliphatic carbocycles. The van der Waals surface area contributed by atoms with Gasteiger partial charge < -0.3 is 0 Å². The van der Waals surface area contributed by atoms with E-state index in [4.69, 9.17) is 0 Å². The van der Waals surface area contributed by atoms with Crippen LogP contribution in [-0.4, -0.2) is 4.57 Å². The predicted molar refractivity (Wildman–Crippen MR) is 70.3 cm³/mol. The average molecular weight is 283 g/mol. The van der Waals surface area contributed by atoms with Crippen molar-refractivity contribution in [2.45, 2.75) is 40.0 Å². The molecule has 108 valence electrons. The molecule has 0 saturated heterocycles. The van der Waals surface area contributed by atoms with Crippen LogP contribution in [0.3, 0.4) is 0 Å². The Morgan fingerprint density at radius 3 is 2.40 bits per heavy atom. The summed E-state index contributed by atoms with van der Waals surface area (Å²) in [5, 5.41) is 0. The SMILES string of the molecule is CCn1cc[n+](Cc2cc(C)cc(C(F)(F)F)c2)c1C. The molecule has 1 aromatic carbocycles. The highest BCUT2D eigenvalue weighted by Gasteiger charge is 2.31. The zero-order chi connectivity index (χ0) is 14.9. The maximum atomic E-state index is 12.8. The number of nitrogens with zero attached hydrogens (tertiary/aromatic N) is 2. The molecule has 1 aromatic heterocycles. The second-order valence-corrected chi connectivity index (χ2v) is 4.96. The predicted octanol–water partition coefficient (Wildman–Crippen LogP) is 3.48. The number of aromatic nitrogens is 2. The average Bonchev–Trinajstić information content (AvgIpc) is 2.69. The highest BCUT2D eigenvalue weighted by Crippen LogP contribution is 2.30. The number of benzene rings is 1. The van der Waals surface area contributed by atoms with Crippen LogP contribution in [0.1, 0.15) is 29.4 Å². The zero-order valence-electron chi connectivity index (χ0n) is 11.8. The lowest BCUT2D eigenvalue weighted by atomic mass is 10.1. The van der Waals surface area contributed by atoms with Gasteiger partial charge in [0, 0.05) is 6.92 Å². The highest BCUT2D eigenvalue weighted by molar-refractivity contribution is 5.30. The number of halogens is 3. The number of alkyl halides is 3. The Kier molecular flexibility index (Phi) is 3.88. The molecule has 1 heterocycles. The lowest BCUT2D eigenvalue weighted by Gasteiger charge is -2.10. The number of hydrogen-bond donors (Lipinski definition) is 0.